The molecule has 2 aromatic heterocycles. The fourth-order valence-electron chi connectivity index (χ4n) is 8.02. The lowest BCUT2D eigenvalue weighted by molar-refractivity contribution is -0.141. The number of carbonyl (C=O) groups is 5. The molecule has 5 amide bonds. The number of urea groups is 1. The van der Waals surface area contributed by atoms with Crippen LogP contribution in [0, 0.1) is 5.92 Å². The zero-order valence-electron chi connectivity index (χ0n) is 33.0. The number of Topliss-reactive ketones (excluding diaryl/α,β-unsaturated/α-hetero) is 1. The first kappa shape index (κ1) is 41.7. The number of rotatable bonds is 17. The Bertz CT molecular complexity index is 2060. The number of nitrogens with zero attached hydrogens (tertiary/aromatic N) is 6. The average Bonchev–Trinajstić information content (AvgIpc) is 3.89. The smallest absolute Gasteiger partial charge is 0.319 e. The van der Waals surface area contributed by atoms with E-state index in [9.17, 15) is 29.1 Å². The van der Waals surface area contributed by atoms with Gasteiger partial charge >= 0.3 is 6.03 Å². The van der Waals surface area contributed by atoms with E-state index in [2.05, 4.69) is 41.5 Å². The van der Waals surface area contributed by atoms with Gasteiger partial charge in [0.15, 0.2) is 0 Å². The second kappa shape index (κ2) is 19.0. The van der Waals surface area contributed by atoms with Gasteiger partial charge in [0.05, 0.1) is 42.1 Å². The quantitative estimate of drug-likeness (QED) is 0.0667. The minimum atomic E-state index is -1.32. The SMILES string of the molecule is CC(C)(O)c1cnnn1[C@H]1C[C@@H](C(=O)NC(CCCCNC(=O)Nc2cncnc2)C(=O)C(N)=O)N(C(=O)C(CC2CCCCC2)Nc2ccc3ccccc3c2)C1. The van der Waals surface area contributed by atoms with Crippen LogP contribution in [0.3, 0.4) is 0 Å². The van der Waals surface area contributed by atoms with Crippen LogP contribution < -0.4 is 27.0 Å². The van der Waals surface area contributed by atoms with Gasteiger partial charge in [0, 0.05) is 25.2 Å². The summed E-state index contributed by atoms with van der Waals surface area (Å²) >= 11 is 0. The van der Waals surface area contributed by atoms with Crippen LogP contribution in [-0.2, 0) is 24.8 Å². The maximum absolute atomic E-state index is 14.9. The van der Waals surface area contributed by atoms with Gasteiger partial charge in [-0.1, -0.05) is 67.6 Å². The summed E-state index contributed by atoms with van der Waals surface area (Å²) in [5, 5.41) is 32.9. The molecule has 4 atom stereocenters. The fourth-order valence-corrected chi connectivity index (χ4v) is 8.02. The molecular formula is C41H53N11O6. The number of ketones is 1. The Balaban J connectivity index is 1.21. The van der Waals surface area contributed by atoms with Crippen molar-refractivity contribution >= 4 is 51.7 Å². The van der Waals surface area contributed by atoms with Crippen LogP contribution in [-0.4, -0.2) is 95.7 Å². The summed E-state index contributed by atoms with van der Waals surface area (Å²) in [4.78, 5) is 76.1. The third-order valence-electron chi connectivity index (χ3n) is 11.0. The lowest BCUT2D eigenvalue weighted by atomic mass is 9.84. The standard InChI is InChI=1S/C41H53N11O6/c1-41(2,58)35-23-46-50-52(35)31-20-34(38(55)49-32(36(53)37(42)54)14-8-9-17-45-40(57)48-30-21-43-25-44-22-30)51(24-31)39(56)33(18-26-10-4-3-5-11-26)47-29-16-15-27-12-6-7-13-28(27)19-29/h6-7,12-13,15-16,19,21-23,25-26,31-34,47,58H,3-5,8-11,14,17-18,20,24H2,1-2H3,(H2,42,54)(H,49,55)(H2,45,48,57)/t31-,32?,33?,34-/m0/s1. The molecule has 2 aliphatic rings. The van der Waals surface area contributed by atoms with Gasteiger partial charge in [-0.05, 0) is 68.4 Å². The molecule has 58 heavy (non-hydrogen) atoms. The first-order chi connectivity index (χ1) is 27.9. The molecule has 0 spiro atoms. The van der Waals surface area contributed by atoms with E-state index < -0.39 is 53.4 Å². The van der Waals surface area contributed by atoms with Crippen molar-refractivity contribution < 1.29 is 29.1 Å². The maximum atomic E-state index is 14.9. The molecule has 0 radical (unpaired) electrons. The second-order valence-corrected chi connectivity index (χ2v) is 15.8. The van der Waals surface area contributed by atoms with Crippen molar-refractivity contribution in [3.8, 4) is 0 Å². The van der Waals surface area contributed by atoms with Gasteiger partial charge in [-0.25, -0.2) is 19.4 Å². The van der Waals surface area contributed by atoms with Gasteiger partial charge < -0.3 is 37.0 Å². The van der Waals surface area contributed by atoms with Crippen molar-refractivity contribution in [2.75, 3.05) is 23.7 Å². The molecule has 6 rings (SSSR count). The molecule has 17 heteroatoms. The summed E-state index contributed by atoms with van der Waals surface area (Å²) in [5.74, 6) is -2.76. The number of likely N-dealkylation sites (tertiary alicyclic amines) is 1. The normalized spacial score (nSPS) is 18.3. The summed E-state index contributed by atoms with van der Waals surface area (Å²) in [6.45, 7) is 3.54. The van der Waals surface area contributed by atoms with Gasteiger partial charge in [-0.15, -0.1) is 5.10 Å². The summed E-state index contributed by atoms with van der Waals surface area (Å²) < 4.78 is 1.56. The Morgan fingerprint density at radius 2 is 1.67 bits per heavy atom. The molecule has 1 aliphatic carbocycles. The average molecular weight is 796 g/mol. The minimum absolute atomic E-state index is 0.0627. The number of primary amides is 1. The Labute approximate surface area is 336 Å². The highest BCUT2D eigenvalue weighted by atomic mass is 16.3. The molecular weight excluding hydrogens is 743 g/mol. The van der Waals surface area contributed by atoms with Crippen LogP contribution in [0.4, 0.5) is 16.2 Å². The van der Waals surface area contributed by atoms with Crippen molar-refractivity contribution in [1.29, 1.82) is 0 Å². The number of benzene rings is 2. The van der Waals surface area contributed by atoms with E-state index in [1.165, 1.54) is 29.8 Å². The summed E-state index contributed by atoms with van der Waals surface area (Å²) in [5.41, 5.74) is 5.73. The monoisotopic (exact) mass is 795 g/mol. The molecule has 1 saturated carbocycles. The number of hydrogen-bond donors (Lipinski definition) is 6. The number of amides is 5. The highest BCUT2D eigenvalue weighted by molar-refractivity contribution is 6.37. The number of nitrogens with one attached hydrogen (secondary N) is 4. The molecule has 1 saturated heterocycles. The molecule has 4 aromatic rings. The van der Waals surface area contributed by atoms with Crippen LogP contribution in [0.1, 0.15) is 89.8 Å². The first-order valence-corrected chi connectivity index (χ1v) is 20.0. The third kappa shape index (κ3) is 10.7. The Morgan fingerprint density at radius 3 is 2.40 bits per heavy atom. The predicted octanol–water partition coefficient (Wildman–Crippen LogP) is 3.57. The van der Waals surface area contributed by atoms with Crippen molar-refractivity contribution in [3.63, 3.8) is 0 Å². The molecule has 17 nitrogen and oxygen atoms in total. The summed E-state index contributed by atoms with van der Waals surface area (Å²) in [6.07, 6.45) is 12.6. The number of aliphatic hydroxyl groups is 1. The van der Waals surface area contributed by atoms with Gasteiger partial charge in [-0.2, -0.15) is 0 Å². The molecule has 0 bridgehead atoms. The van der Waals surface area contributed by atoms with E-state index in [4.69, 9.17) is 5.73 Å². The third-order valence-corrected chi connectivity index (χ3v) is 11.0. The van der Waals surface area contributed by atoms with Crippen LogP contribution in [0.15, 0.2) is 67.4 Å². The molecule has 308 valence electrons. The lowest BCUT2D eigenvalue weighted by Gasteiger charge is -2.32. The van der Waals surface area contributed by atoms with Crippen LogP contribution >= 0.6 is 0 Å². The number of fused-ring (bicyclic) bond motifs is 1. The topological polar surface area (TPSA) is 239 Å². The van der Waals surface area contributed by atoms with E-state index in [0.717, 1.165) is 48.6 Å². The minimum Gasteiger partial charge on any atom is -0.384 e. The van der Waals surface area contributed by atoms with Gasteiger partial charge in [0.1, 0.15) is 24.0 Å². The van der Waals surface area contributed by atoms with Crippen molar-refractivity contribution in [3.05, 3.63) is 73.1 Å². The lowest BCUT2D eigenvalue weighted by Crippen LogP contribution is -2.55. The predicted molar refractivity (Wildman–Crippen MR) is 216 cm³/mol. The zero-order chi connectivity index (χ0) is 41.2. The van der Waals surface area contributed by atoms with Gasteiger partial charge in [0.2, 0.25) is 17.6 Å². The number of anilines is 2. The number of hydrogen-bond acceptors (Lipinski definition) is 11. The highest BCUT2D eigenvalue weighted by Crippen LogP contribution is 2.34. The Kier molecular flexibility index (Phi) is 13.6. The molecule has 2 aromatic carbocycles. The van der Waals surface area contributed by atoms with E-state index in [1.54, 1.807) is 18.5 Å². The number of carbonyl (C=O) groups excluding carboxylic acids is 5. The highest BCUT2D eigenvalue weighted by Gasteiger charge is 2.45. The van der Waals surface area contributed by atoms with Gasteiger partial charge in [-0.3, -0.25) is 19.2 Å². The molecule has 2 fully saturated rings. The Morgan fingerprint density at radius 1 is 0.931 bits per heavy atom. The molecule has 1 aliphatic heterocycles. The van der Waals surface area contributed by atoms with Crippen molar-refractivity contribution in [1.82, 2.24) is 40.5 Å². The Hall–Kier alpha value is -5.97. The van der Waals surface area contributed by atoms with E-state index in [-0.39, 0.29) is 31.8 Å². The molecule has 7 N–H and O–H groups in total. The molecule has 3 heterocycles. The van der Waals surface area contributed by atoms with E-state index in [1.807, 2.05) is 42.5 Å². The van der Waals surface area contributed by atoms with Crippen LogP contribution in [0.25, 0.3) is 10.8 Å². The number of nitrogens with two attached hydrogens (primary N) is 1. The molecule has 2 unspecified atom stereocenters. The maximum Gasteiger partial charge on any atom is 0.319 e. The summed E-state index contributed by atoms with van der Waals surface area (Å²) in [6, 6.07) is 9.95. The second-order valence-electron chi connectivity index (χ2n) is 15.8. The van der Waals surface area contributed by atoms with Crippen molar-refractivity contribution in [2.45, 2.75) is 108 Å². The largest absolute Gasteiger partial charge is 0.384 e. The van der Waals surface area contributed by atoms with Gasteiger partial charge in [0.25, 0.3) is 5.91 Å². The van der Waals surface area contributed by atoms with Crippen LogP contribution in [0.2, 0.25) is 0 Å². The number of aromatic nitrogens is 5. The van der Waals surface area contributed by atoms with E-state index >= 15 is 0 Å². The number of unbranched alkanes of at least 4 members (excludes halogenated alkanes) is 1. The fraction of sp³-hybridized carbons (Fsp3) is 0.488. The van der Waals surface area contributed by atoms with Crippen molar-refractivity contribution in [2.24, 2.45) is 11.7 Å². The van der Waals surface area contributed by atoms with E-state index in [0.29, 0.717) is 36.6 Å². The zero-order valence-corrected chi connectivity index (χ0v) is 33.0. The summed E-state index contributed by atoms with van der Waals surface area (Å²) in [7, 11) is 0. The first-order valence-electron chi connectivity index (χ1n) is 20.0. The van der Waals surface area contributed by atoms with Crippen LogP contribution in [0.5, 0.6) is 0 Å².